The lowest BCUT2D eigenvalue weighted by atomic mass is 9.90. The summed E-state index contributed by atoms with van der Waals surface area (Å²) in [6, 6.07) is 0. The van der Waals surface area contributed by atoms with Gasteiger partial charge in [0.2, 0.25) is 5.91 Å². The van der Waals surface area contributed by atoms with Gasteiger partial charge in [-0.15, -0.1) is 0 Å². The summed E-state index contributed by atoms with van der Waals surface area (Å²) in [4.78, 5) is 12.1. The first-order valence-corrected chi connectivity index (χ1v) is 6.37. The van der Waals surface area contributed by atoms with Crippen molar-refractivity contribution in [2.24, 2.45) is 5.92 Å². The second kappa shape index (κ2) is 5.70. The molecule has 1 heterocycles. The molecule has 1 aromatic heterocycles. The van der Waals surface area contributed by atoms with Crippen LogP contribution >= 0.6 is 0 Å². The summed E-state index contributed by atoms with van der Waals surface area (Å²) in [7, 11) is 0. The van der Waals surface area contributed by atoms with Gasteiger partial charge in [-0.1, -0.05) is 32.1 Å². The Labute approximate surface area is 101 Å². The van der Waals surface area contributed by atoms with E-state index >= 15 is 0 Å². The van der Waals surface area contributed by atoms with Crippen molar-refractivity contribution in [1.82, 2.24) is 10.2 Å². The summed E-state index contributed by atoms with van der Waals surface area (Å²) in [5.41, 5.74) is 6.16. The first kappa shape index (κ1) is 12.0. The zero-order valence-corrected chi connectivity index (χ0v) is 10.0. The number of carbonyl (C=O) groups is 1. The minimum absolute atomic E-state index is 0.0721. The largest absolute Gasteiger partial charge is 0.394 e. The average Bonchev–Trinajstić information content (AvgIpc) is 2.63. The van der Waals surface area contributed by atoms with E-state index in [2.05, 4.69) is 15.5 Å². The van der Waals surface area contributed by atoms with E-state index in [0.29, 0.717) is 11.5 Å². The van der Waals surface area contributed by atoms with Gasteiger partial charge in [0.25, 0.3) is 0 Å². The number of anilines is 2. The topological polar surface area (TPSA) is 83.8 Å². The summed E-state index contributed by atoms with van der Waals surface area (Å²) in [5, 5.41) is 9.31. The van der Waals surface area contributed by atoms with Crippen LogP contribution in [0.15, 0.2) is 6.20 Å². The van der Waals surface area contributed by atoms with Gasteiger partial charge in [0.15, 0.2) is 5.82 Å². The van der Waals surface area contributed by atoms with Crippen LogP contribution in [-0.2, 0) is 4.79 Å². The molecular formula is C12H20N4O. The van der Waals surface area contributed by atoms with Crippen molar-refractivity contribution < 1.29 is 4.79 Å². The average molecular weight is 236 g/mol. The fraction of sp³-hybridized carbons (Fsp3) is 0.667. The van der Waals surface area contributed by atoms with E-state index in [1.807, 2.05) is 0 Å². The number of aromatic amines is 1. The van der Waals surface area contributed by atoms with Crippen molar-refractivity contribution in [3.8, 4) is 0 Å². The van der Waals surface area contributed by atoms with Crippen LogP contribution in [0.4, 0.5) is 11.5 Å². The third-order valence-corrected chi connectivity index (χ3v) is 3.39. The van der Waals surface area contributed by atoms with Crippen molar-refractivity contribution in [1.29, 1.82) is 0 Å². The van der Waals surface area contributed by atoms with Gasteiger partial charge in [-0.2, -0.15) is 5.10 Å². The lowest BCUT2D eigenvalue weighted by molar-refractivity contribution is -0.120. The molecule has 0 bridgehead atoms. The third-order valence-electron chi connectivity index (χ3n) is 3.39. The minimum atomic E-state index is 0.0721. The van der Waals surface area contributed by atoms with Gasteiger partial charge in [0.05, 0.1) is 11.9 Å². The summed E-state index contributed by atoms with van der Waals surface area (Å²) in [6.07, 6.45) is 9.58. The fourth-order valence-corrected chi connectivity index (χ4v) is 2.34. The molecule has 4 N–H and O–H groups in total. The quantitative estimate of drug-likeness (QED) is 0.736. The normalized spacial score (nSPS) is 18.4. The molecule has 5 nitrogen and oxygen atoms in total. The highest BCUT2D eigenvalue weighted by Crippen LogP contribution is 2.24. The molecule has 1 aromatic rings. The molecule has 1 aliphatic carbocycles. The number of nitrogen functional groups attached to an aromatic ring is 1. The molecule has 0 spiro atoms. The van der Waals surface area contributed by atoms with E-state index in [4.69, 9.17) is 5.73 Å². The zero-order chi connectivity index (χ0) is 12.1. The first-order chi connectivity index (χ1) is 8.27. The third kappa shape index (κ3) is 3.22. The van der Waals surface area contributed by atoms with E-state index in [9.17, 15) is 4.79 Å². The molecule has 0 radical (unpaired) electrons. The second-order valence-electron chi connectivity index (χ2n) is 4.73. The molecule has 1 aliphatic rings. The Morgan fingerprint density at radius 3 is 2.53 bits per heavy atom. The van der Waals surface area contributed by atoms with Crippen molar-refractivity contribution in [2.45, 2.75) is 44.9 Å². The van der Waals surface area contributed by atoms with Crippen LogP contribution in [0.5, 0.6) is 0 Å². The van der Waals surface area contributed by atoms with Gasteiger partial charge < -0.3 is 11.1 Å². The lowest BCUT2D eigenvalue weighted by Gasteiger charge is -2.18. The van der Waals surface area contributed by atoms with Crippen LogP contribution in [0.2, 0.25) is 0 Å². The van der Waals surface area contributed by atoms with Gasteiger partial charge >= 0.3 is 0 Å². The Bertz CT molecular complexity index is 366. The Kier molecular flexibility index (Phi) is 4.01. The molecule has 0 aromatic carbocycles. The molecule has 0 unspecified atom stereocenters. The number of carbonyl (C=O) groups excluding carboxylic acids is 1. The lowest BCUT2D eigenvalue weighted by Crippen LogP contribution is -2.24. The monoisotopic (exact) mass is 236 g/mol. The van der Waals surface area contributed by atoms with Crippen LogP contribution in [0.1, 0.15) is 44.9 Å². The molecular weight excluding hydrogens is 216 g/mol. The number of hydrogen-bond acceptors (Lipinski definition) is 3. The van der Waals surface area contributed by atoms with Crippen LogP contribution in [0, 0.1) is 5.92 Å². The van der Waals surface area contributed by atoms with E-state index < -0.39 is 0 Å². The van der Waals surface area contributed by atoms with Crippen molar-refractivity contribution in [2.75, 3.05) is 11.1 Å². The number of aromatic nitrogens is 2. The summed E-state index contributed by atoms with van der Waals surface area (Å²) < 4.78 is 0. The Morgan fingerprint density at radius 2 is 1.94 bits per heavy atom. The number of nitrogens with zero attached hydrogens (tertiary/aromatic N) is 1. The number of amides is 1. The highest BCUT2D eigenvalue weighted by molar-refractivity contribution is 5.93. The molecule has 1 fully saturated rings. The van der Waals surface area contributed by atoms with Crippen LogP contribution in [-0.4, -0.2) is 16.1 Å². The molecule has 0 atom stereocenters. The van der Waals surface area contributed by atoms with E-state index in [1.165, 1.54) is 25.5 Å². The molecule has 0 aliphatic heterocycles. The predicted octanol–water partition coefficient (Wildman–Crippen LogP) is 2.29. The van der Waals surface area contributed by atoms with Crippen LogP contribution in [0.25, 0.3) is 0 Å². The second-order valence-corrected chi connectivity index (χ2v) is 4.73. The minimum Gasteiger partial charge on any atom is -0.394 e. The van der Waals surface area contributed by atoms with Gasteiger partial charge in [0.1, 0.15) is 0 Å². The smallest absolute Gasteiger partial charge is 0.228 e. The van der Waals surface area contributed by atoms with Gasteiger partial charge in [0, 0.05) is 5.92 Å². The van der Waals surface area contributed by atoms with Crippen molar-refractivity contribution >= 4 is 17.4 Å². The fourth-order valence-electron chi connectivity index (χ4n) is 2.34. The Morgan fingerprint density at radius 1 is 1.29 bits per heavy atom. The molecule has 1 saturated carbocycles. The Balaban J connectivity index is 1.91. The summed E-state index contributed by atoms with van der Waals surface area (Å²) >= 11 is 0. The van der Waals surface area contributed by atoms with E-state index in [0.717, 1.165) is 25.7 Å². The molecule has 2 rings (SSSR count). The molecule has 5 heteroatoms. The molecule has 94 valence electrons. The summed E-state index contributed by atoms with van der Waals surface area (Å²) in [6.45, 7) is 0. The van der Waals surface area contributed by atoms with Gasteiger partial charge in [-0.3, -0.25) is 9.89 Å². The van der Waals surface area contributed by atoms with Crippen molar-refractivity contribution in [3.63, 3.8) is 0 Å². The first-order valence-electron chi connectivity index (χ1n) is 6.37. The van der Waals surface area contributed by atoms with Crippen molar-refractivity contribution in [3.05, 3.63) is 6.20 Å². The van der Waals surface area contributed by atoms with E-state index in [-0.39, 0.29) is 11.8 Å². The standard InChI is InChI=1S/C12H20N4O/c13-10-8-14-16-11(10)15-12(17)9-6-4-2-1-3-5-7-9/h8-9H,1-7,13H2,(H2,14,15,16,17). The predicted molar refractivity (Wildman–Crippen MR) is 67.4 cm³/mol. The van der Waals surface area contributed by atoms with E-state index in [1.54, 1.807) is 0 Å². The summed E-state index contributed by atoms with van der Waals surface area (Å²) in [5.74, 6) is 0.720. The number of hydrogen-bond donors (Lipinski definition) is 3. The highest BCUT2D eigenvalue weighted by atomic mass is 16.2. The van der Waals surface area contributed by atoms with Gasteiger partial charge in [-0.05, 0) is 12.8 Å². The maximum atomic E-state index is 12.1. The zero-order valence-electron chi connectivity index (χ0n) is 10.0. The molecule has 17 heavy (non-hydrogen) atoms. The number of nitrogens with one attached hydrogen (secondary N) is 2. The number of H-pyrrole nitrogens is 1. The highest BCUT2D eigenvalue weighted by Gasteiger charge is 2.20. The van der Waals surface area contributed by atoms with Gasteiger partial charge in [-0.25, -0.2) is 0 Å². The SMILES string of the molecule is Nc1cn[nH]c1NC(=O)C1CCCCCCC1. The van der Waals surface area contributed by atoms with Crippen LogP contribution in [0.3, 0.4) is 0 Å². The number of rotatable bonds is 2. The molecule has 0 saturated heterocycles. The number of nitrogens with two attached hydrogens (primary N) is 1. The van der Waals surface area contributed by atoms with Crippen LogP contribution < -0.4 is 11.1 Å². The Hall–Kier alpha value is -1.52. The molecule has 1 amide bonds. The maximum Gasteiger partial charge on any atom is 0.228 e. The maximum absolute atomic E-state index is 12.1.